The van der Waals surface area contributed by atoms with E-state index in [1.807, 2.05) is 13.8 Å². The Morgan fingerprint density at radius 1 is 1.03 bits per heavy atom. The minimum absolute atomic E-state index is 0.0182. The van der Waals surface area contributed by atoms with Crippen LogP contribution in [0.2, 0.25) is 5.02 Å². The fraction of sp³-hybridized carbons (Fsp3) is 0.458. The Balaban J connectivity index is 0.00000158. The van der Waals surface area contributed by atoms with Gasteiger partial charge in [0, 0.05) is 24.0 Å². The van der Waals surface area contributed by atoms with E-state index in [2.05, 4.69) is 19.9 Å². The Morgan fingerprint density at radius 2 is 1.68 bits per heavy atom. The fourth-order valence-electron chi connectivity index (χ4n) is 4.32. The van der Waals surface area contributed by atoms with E-state index in [0.717, 1.165) is 32.4 Å². The summed E-state index contributed by atoms with van der Waals surface area (Å²) in [6, 6.07) is 2.96. The number of hydrogen-bond donors (Lipinski definition) is 1. The smallest absolute Gasteiger partial charge is 0.418 e. The molecule has 2 N–H and O–H groups in total. The van der Waals surface area contributed by atoms with Gasteiger partial charge in [0.15, 0.2) is 0 Å². The first-order valence-electron chi connectivity index (χ1n) is 11.3. The predicted molar refractivity (Wildman–Crippen MR) is 131 cm³/mol. The lowest BCUT2D eigenvalue weighted by molar-refractivity contribution is -0.137. The standard InChI is InChI=1S/C22H23ClF3N5O.C2H6/c1-11-9-15(27)28-19(17(11)22(24,25)26)16-12(2)18-13(10-14(16)23)20(30-21(29-18)32-3)31-7-5-4-6-8-31;1-2/h9-10H,4-8H2,1-3H3,(H2,27,28);1-2H3. The van der Waals surface area contributed by atoms with Gasteiger partial charge in [-0.3, -0.25) is 0 Å². The van der Waals surface area contributed by atoms with Crippen LogP contribution in [0.5, 0.6) is 6.01 Å². The van der Waals surface area contributed by atoms with Crippen molar-refractivity contribution in [1.82, 2.24) is 15.0 Å². The quantitative estimate of drug-likeness (QED) is 0.441. The molecule has 1 fully saturated rings. The molecule has 3 aromatic rings. The number of halogens is 4. The zero-order valence-corrected chi connectivity index (χ0v) is 20.7. The molecule has 0 aliphatic carbocycles. The number of nitrogen functional groups attached to an aromatic ring is 1. The summed E-state index contributed by atoms with van der Waals surface area (Å²) in [7, 11) is 1.46. The van der Waals surface area contributed by atoms with Gasteiger partial charge in [0.2, 0.25) is 0 Å². The van der Waals surface area contributed by atoms with Crippen molar-refractivity contribution in [3.8, 4) is 17.3 Å². The molecule has 4 rings (SSSR count). The topological polar surface area (TPSA) is 77.2 Å². The largest absolute Gasteiger partial charge is 0.467 e. The van der Waals surface area contributed by atoms with Gasteiger partial charge in [-0.25, -0.2) is 4.98 Å². The minimum atomic E-state index is -4.63. The van der Waals surface area contributed by atoms with Crippen molar-refractivity contribution in [3.05, 3.63) is 33.8 Å². The number of piperidine rings is 1. The first-order valence-corrected chi connectivity index (χ1v) is 11.6. The molecule has 184 valence electrons. The molecule has 1 aliphatic rings. The number of alkyl halides is 3. The number of anilines is 2. The number of fused-ring (bicyclic) bond motifs is 1. The van der Waals surface area contributed by atoms with Crippen LogP contribution in [-0.2, 0) is 6.18 Å². The van der Waals surface area contributed by atoms with Gasteiger partial charge in [-0.05, 0) is 56.4 Å². The molecule has 1 saturated heterocycles. The summed E-state index contributed by atoms with van der Waals surface area (Å²) >= 11 is 6.60. The van der Waals surface area contributed by atoms with E-state index < -0.39 is 11.7 Å². The Kier molecular flexibility index (Phi) is 7.75. The molecule has 34 heavy (non-hydrogen) atoms. The van der Waals surface area contributed by atoms with Crippen molar-refractivity contribution in [2.75, 3.05) is 30.8 Å². The summed E-state index contributed by atoms with van der Waals surface area (Å²) in [4.78, 5) is 15.2. The Hall–Kier alpha value is -2.81. The van der Waals surface area contributed by atoms with Crippen molar-refractivity contribution >= 4 is 34.1 Å². The van der Waals surface area contributed by atoms with Crippen molar-refractivity contribution in [3.63, 3.8) is 0 Å². The molecular formula is C24H29ClF3N5O. The van der Waals surface area contributed by atoms with Gasteiger partial charge in [0.05, 0.1) is 28.9 Å². The highest BCUT2D eigenvalue weighted by Gasteiger charge is 2.38. The van der Waals surface area contributed by atoms with Crippen molar-refractivity contribution in [1.29, 1.82) is 0 Å². The monoisotopic (exact) mass is 495 g/mol. The summed E-state index contributed by atoms with van der Waals surface area (Å²) < 4.78 is 47.2. The highest BCUT2D eigenvalue weighted by molar-refractivity contribution is 6.34. The van der Waals surface area contributed by atoms with Gasteiger partial charge in [0.1, 0.15) is 11.6 Å². The van der Waals surface area contributed by atoms with Crippen LogP contribution in [0, 0.1) is 13.8 Å². The Bertz CT molecular complexity index is 1190. The summed E-state index contributed by atoms with van der Waals surface area (Å²) in [5, 5.41) is 0.790. The molecule has 2 aromatic heterocycles. The van der Waals surface area contributed by atoms with Crippen molar-refractivity contribution in [2.45, 2.75) is 53.1 Å². The molecule has 0 saturated carbocycles. The van der Waals surface area contributed by atoms with Crippen LogP contribution in [0.4, 0.5) is 24.8 Å². The van der Waals surface area contributed by atoms with Crippen LogP contribution in [0.25, 0.3) is 22.2 Å². The van der Waals surface area contributed by atoms with E-state index in [4.69, 9.17) is 22.1 Å². The number of benzene rings is 1. The molecule has 0 atom stereocenters. The third kappa shape index (κ3) is 4.85. The van der Waals surface area contributed by atoms with Gasteiger partial charge >= 0.3 is 12.2 Å². The number of hydrogen-bond acceptors (Lipinski definition) is 6. The zero-order valence-electron chi connectivity index (χ0n) is 20.0. The number of ether oxygens (including phenoxy) is 1. The number of methoxy groups -OCH3 is 1. The molecule has 0 spiro atoms. The van der Waals surface area contributed by atoms with Gasteiger partial charge < -0.3 is 15.4 Å². The first kappa shape index (κ1) is 25.8. The Labute approximate surface area is 202 Å². The maximum Gasteiger partial charge on any atom is 0.418 e. The SMILES string of the molecule is CC.COc1nc(N2CCCCC2)c2cc(Cl)c(-c3nc(N)cc(C)c3C(F)(F)F)c(C)c2n1. The van der Waals surface area contributed by atoms with E-state index in [1.165, 1.54) is 20.1 Å². The number of rotatable bonds is 3. The normalized spacial score (nSPS) is 14.1. The van der Waals surface area contributed by atoms with E-state index in [0.29, 0.717) is 22.3 Å². The van der Waals surface area contributed by atoms with Gasteiger partial charge in [-0.15, -0.1) is 0 Å². The number of aromatic nitrogens is 3. The molecule has 0 amide bonds. The second-order valence-electron chi connectivity index (χ2n) is 7.92. The van der Waals surface area contributed by atoms with Gasteiger partial charge in [0.25, 0.3) is 0 Å². The second-order valence-corrected chi connectivity index (χ2v) is 8.33. The number of nitrogens with zero attached hydrogens (tertiary/aromatic N) is 4. The van der Waals surface area contributed by atoms with Crippen LogP contribution >= 0.6 is 11.6 Å². The lowest BCUT2D eigenvalue weighted by atomic mass is 9.95. The molecule has 3 heterocycles. The van der Waals surface area contributed by atoms with E-state index in [1.54, 1.807) is 13.0 Å². The second kappa shape index (κ2) is 10.2. The summed E-state index contributed by atoms with van der Waals surface area (Å²) in [6.45, 7) is 8.67. The predicted octanol–water partition coefficient (Wildman–Crippen LogP) is 6.59. The third-order valence-electron chi connectivity index (χ3n) is 5.74. The summed E-state index contributed by atoms with van der Waals surface area (Å²) in [5.74, 6) is 0.645. The zero-order chi connectivity index (χ0) is 25.2. The lowest BCUT2D eigenvalue weighted by Crippen LogP contribution is -2.30. The third-order valence-corrected chi connectivity index (χ3v) is 6.04. The molecule has 1 aromatic carbocycles. The van der Waals surface area contributed by atoms with Crippen molar-refractivity contribution < 1.29 is 17.9 Å². The van der Waals surface area contributed by atoms with Gasteiger partial charge in [-0.2, -0.15) is 23.1 Å². The lowest BCUT2D eigenvalue weighted by Gasteiger charge is -2.29. The van der Waals surface area contributed by atoms with Crippen LogP contribution in [-0.4, -0.2) is 35.2 Å². The number of aryl methyl sites for hydroxylation is 2. The fourth-order valence-corrected chi connectivity index (χ4v) is 4.66. The van der Waals surface area contributed by atoms with E-state index in [-0.39, 0.29) is 33.7 Å². The van der Waals surface area contributed by atoms with Crippen LogP contribution in [0.1, 0.15) is 49.8 Å². The van der Waals surface area contributed by atoms with Gasteiger partial charge in [-0.1, -0.05) is 25.4 Å². The van der Waals surface area contributed by atoms with E-state index >= 15 is 0 Å². The van der Waals surface area contributed by atoms with E-state index in [9.17, 15) is 13.2 Å². The first-order chi connectivity index (χ1) is 16.1. The summed E-state index contributed by atoms with van der Waals surface area (Å²) in [5.41, 5.74) is 5.68. The van der Waals surface area contributed by atoms with Crippen molar-refractivity contribution in [2.24, 2.45) is 0 Å². The van der Waals surface area contributed by atoms with Crippen LogP contribution in [0.15, 0.2) is 12.1 Å². The highest BCUT2D eigenvalue weighted by Crippen LogP contribution is 2.45. The highest BCUT2D eigenvalue weighted by atomic mass is 35.5. The summed E-state index contributed by atoms with van der Waals surface area (Å²) in [6.07, 6.45) is -1.44. The molecule has 6 nitrogen and oxygen atoms in total. The van der Waals surface area contributed by atoms with Crippen LogP contribution in [0.3, 0.4) is 0 Å². The van der Waals surface area contributed by atoms with Crippen LogP contribution < -0.4 is 15.4 Å². The maximum atomic E-state index is 14.0. The number of nitrogens with two attached hydrogens (primary N) is 1. The minimum Gasteiger partial charge on any atom is -0.467 e. The molecular weight excluding hydrogens is 467 g/mol. The number of pyridine rings is 1. The molecule has 0 unspecified atom stereocenters. The molecule has 0 radical (unpaired) electrons. The molecule has 0 bridgehead atoms. The maximum absolute atomic E-state index is 14.0. The average molecular weight is 496 g/mol. The molecule has 10 heteroatoms. The Morgan fingerprint density at radius 3 is 2.26 bits per heavy atom. The molecule has 1 aliphatic heterocycles. The average Bonchev–Trinajstić information content (AvgIpc) is 2.79.